The lowest BCUT2D eigenvalue weighted by Crippen LogP contribution is -2.22. The second-order valence-electron chi connectivity index (χ2n) is 3.90. The number of hydrogen-bond acceptors (Lipinski definition) is 4. The van der Waals surface area contributed by atoms with Crippen molar-refractivity contribution in [2.24, 2.45) is 0 Å². The molecule has 0 aliphatic heterocycles. The van der Waals surface area contributed by atoms with Crippen molar-refractivity contribution in [3.8, 4) is 0 Å². The van der Waals surface area contributed by atoms with Crippen LogP contribution >= 0.6 is 22.9 Å². The van der Waals surface area contributed by atoms with Crippen molar-refractivity contribution in [2.45, 2.75) is 11.4 Å². The van der Waals surface area contributed by atoms with E-state index < -0.39 is 16.0 Å². The molecule has 1 heterocycles. The maximum absolute atomic E-state index is 12.0. The summed E-state index contributed by atoms with van der Waals surface area (Å²) in [5.74, 6) is -1.14. The number of aromatic carboxylic acids is 1. The molecular formula is C12H10ClNO4S2. The predicted octanol–water partition coefficient (Wildman–Crippen LogP) is 2.58. The van der Waals surface area contributed by atoms with Gasteiger partial charge in [-0.3, -0.25) is 0 Å². The van der Waals surface area contributed by atoms with Crippen molar-refractivity contribution in [3.05, 3.63) is 51.2 Å². The second-order valence-corrected chi connectivity index (χ2v) is 7.02. The molecule has 0 saturated heterocycles. The summed E-state index contributed by atoms with van der Waals surface area (Å²) >= 11 is 6.61. The van der Waals surface area contributed by atoms with E-state index in [2.05, 4.69) is 4.72 Å². The van der Waals surface area contributed by atoms with Crippen molar-refractivity contribution in [1.29, 1.82) is 0 Å². The average molecular weight is 332 g/mol. The van der Waals surface area contributed by atoms with Crippen LogP contribution in [0.1, 0.15) is 15.2 Å². The fourth-order valence-electron chi connectivity index (χ4n) is 1.44. The standard InChI is InChI=1S/C12H10ClNO4S2/c13-9-3-1-8(2-4-9)6-14-20(17,18)10-5-11(12(15)16)19-7-10/h1-5,7,14H,6H2,(H,15,16). The van der Waals surface area contributed by atoms with Gasteiger partial charge in [0, 0.05) is 16.9 Å². The number of rotatable bonds is 5. The highest BCUT2D eigenvalue weighted by atomic mass is 35.5. The first-order valence-corrected chi connectivity index (χ1v) is 8.18. The van der Waals surface area contributed by atoms with Crippen LogP contribution in [0.2, 0.25) is 5.02 Å². The van der Waals surface area contributed by atoms with E-state index in [0.717, 1.165) is 23.0 Å². The molecule has 0 bridgehead atoms. The van der Waals surface area contributed by atoms with Crippen molar-refractivity contribution >= 4 is 38.9 Å². The largest absolute Gasteiger partial charge is 0.477 e. The molecule has 8 heteroatoms. The molecule has 0 atom stereocenters. The molecule has 1 aromatic heterocycles. The van der Waals surface area contributed by atoms with E-state index in [1.807, 2.05) is 0 Å². The molecular weight excluding hydrogens is 322 g/mol. The van der Waals surface area contributed by atoms with Crippen molar-refractivity contribution < 1.29 is 18.3 Å². The summed E-state index contributed by atoms with van der Waals surface area (Å²) in [6, 6.07) is 7.89. The van der Waals surface area contributed by atoms with Crippen molar-refractivity contribution in [1.82, 2.24) is 4.72 Å². The quantitative estimate of drug-likeness (QED) is 0.882. The Labute approximate surface area is 124 Å². The molecule has 0 radical (unpaired) electrons. The highest BCUT2D eigenvalue weighted by Crippen LogP contribution is 2.19. The van der Waals surface area contributed by atoms with Crippen LogP contribution in [0.25, 0.3) is 0 Å². The number of halogens is 1. The Morgan fingerprint density at radius 2 is 1.95 bits per heavy atom. The fourth-order valence-corrected chi connectivity index (χ4v) is 3.69. The lowest BCUT2D eigenvalue weighted by molar-refractivity contribution is 0.0702. The number of hydrogen-bond donors (Lipinski definition) is 2. The Balaban J connectivity index is 2.10. The SMILES string of the molecule is O=C(O)c1cc(S(=O)(=O)NCc2ccc(Cl)cc2)cs1. The lowest BCUT2D eigenvalue weighted by Gasteiger charge is -2.05. The molecule has 106 valence electrons. The third-order valence-electron chi connectivity index (χ3n) is 2.48. The van der Waals surface area contributed by atoms with Gasteiger partial charge in [-0.05, 0) is 23.8 Å². The van der Waals surface area contributed by atoms with E-state index in [-0.39, 0.29) is 16.3 Å². The Hall–Kier alpha value is -1.41. The summed E-state index contributed by atoms with van der Waals surface area (Å²) in [7, 11) is -3.72. The maximum Gasteiger partial charge on any atom is 0.345 e. The van der Waals surface area contributed by atoms with Crippen molar-refractivity contribution in [3.63, 3.8) is 0 Å². The molecule has 0 saturated carbocycles. The summed E-state index contributed by atoms with van der Waals surface area (Å²) in [6.45, 7) is 0.109. The molecule has 0 fully saturated rings. The molecule has 2 N–H and O–H groups in total. The lowest BCUT2D eigenvalue weighted by atomic mass is 10.2. The molecule has 2 aromatic rings. The first kappa shape index (κ1) is 15.0. The van der Waals surface area contributed by atoms with Gasteiger partial charge in [-0.2, -0.15) is 0 Å². The van der Waals surface area contributed by atoms with Crippen LogP contribution in [0.5, 0.6) is 0 Å². The first-order valence-electron chi connectivity index (χ1n) is 5.44. The number of sulfonamides is 1. The van der Waals surface area contributed by atoms with Crippen LogP contribution in [0, 0.1) is 0 Å². The van der Waals surface area contributed by atoms with Crippen LogP contribution in [-0.4, -0.2) is 19.5 Å². The van der Waals surface area contributed by atoms with E-state index >= 15 is 0 Å². The minimum absolute atomic E-state index is 0.0168. The highest BCUT2D eigenvalue weighted by molar-refractivity contribution is 7.89. The van der Waals surface area contributed by atoms with Gasteiger partial charge in [0.2, 0.25) is 10.0 Å². The molecule has 0 spiro atoms. The first-order chi connectivity index (χ1) is 9.38. The average Bonchev–Trinajstić information content (AvgIpc) is 2.89. The van der Waals surface area contributed by atoms with Gasteiger partial charge in [-0.15, -0.1) is 11.3 Å². The van der Waals surface area contributed by atoms with E-state index in [9.17, 15) is 13.2 Å². The Morgan fingerprint density at radius 1 is 1.30 bits per heavy atom. The summed E-state index contributed by atoms with van der Waals surface area (Å²) < 4.78 is 26.4. The Morgan fingerprint density at radius 3 is 2.50 bits per heavy atom. The summed E-state index contributed by atoms with van der Waals surface area (Å²) in [4.78, 5) is 10.7. The molecule has 20 heavy (non-hydrogen) atoms. The Kier molecular flexibility index (Phi) is 4.44. The van der Waals surface area contributed by atoms with E-state index in [1.54, 1.807) is 24.3 Å². The zero-order valence-electron chi connectivity index (χ0n) is 10.0. The van der Waals surface area contributed by atoms with Gasteiger partial charge >= 0.3 is 5.97 Å². The topological polar surface area (TPSA) is 83.5 Å². The van der Waals surface area contributed by atoms with Crippen LogP contribution in [-0.2, 0) is 16.6 Å². The van der Waals surface area contributed by atoms with Gasteiger partial charge in [-0.1, -0.05) is 23.7 Å². The van der Waals surface area contributed by atoms with Crippen LogP contribution in [0.15, 0.2) is 40.6 Å². The predicted molar refractivity (Wildman–Crippen MR) is 76.8 cm³/mol. The third-order valence-corrected chi connectivity index (χ3v) is 5.18. The van der Waals surface area contributed by atoms with Gasteiger partial charge < -0.3 is 5.11 Å². The molecule has 0 unspecified atom stereocenters. The number of carboxylic acids is 1. The number of nitrogens with one attached hydrogen (secondary N) is 1. The molecule has 2 rings (SSSR count). The van der Waals surface area contributed by atoms with Gasteiger partial charge in [0.25, 0.3) is 0 Å². The van der Waals surface area contributed by atoms with E-state index in [1.165, 1.54) is 5.38 Å². The van der Waals surface area contributed by atoms with E-state index in [0.29, 0.717) is 5.02 Å². The summed E-state index contributed by atoms with van der Waals surface area (Å²) in [6.07, 6.45) is 0. The molecule has 5 nitrogen and oxygen atoms in total. The van der Waals surface area contributed by atoms with Gasteiger partial charge in [-0.25, -0.2) is 17.9 Å². The minimum Gasteiger partial charge on any atom is -0.477 e. The van der Waals surface area contributed by atoms with Gasteiger partial charge in [0.05, 0.1) is 4.90 Å². The number of carbonyl (C=O) groups is 1. The number of benzene rings is 1. The minimum atomic E-state index is -3.72. The number of carboxylic acid groups (broad SMARTS) is 1. The normalized spacial score (nSPS) is 11.4. The fraction of sp³-hybridized carbons (Fsp3) is 0.0833. The monoisotopic (exact) mass is 331 g/mol. The summed E-state index contributed by atoms with van der Waals surface area (Å²) in [5, 5.41) is 10.6. The zero-order chi connectivity index (χ0) is 14.8. The third kappa shape index (κ3) is 3.57. The molecule has 1 aromatic carbocycles. The highest BCUT2D eigenvalue weighted by Gasteiger charge is 2.18. The smallest absolute Gasteiger partial charge is 0.345 e. The maximum atomic E-state index is 12.0. The van der Waals surface area contributed by atoms with Gasteiger partial charge in [0.1, 0.15) is 4.88 Å². The van der Waals surface area contributed by atoms with Crippen molar-refractivity contribution in [2.75, 3.05) is 0 Å². The zero-order valence-corrected chi connectivity index (χ0v) is 12.4. The Bertz CT molecular complexity index is 722. The van der Waals surface area contributed by atoms with E-state index in [4.69, 9.17) is 16.7 Å². The summed E-state index contributed by atoms with van der Waals surface area (Å²) in [5.41, 5.74) is 0.756. The second kappa shape index (κ2) is 5.92. The van der Waals surface area contributed by atoms with Gasteiger partial charge in [0.15, 0.2) is 0 Å². The van der Waals surface area contributed by atoms with Crippen LogP contribution < -0.4 is 4.72 Å². The molecule has 0 aliphatic carbocycles. The molecule has 0 aliphatic rings. The van der Waals surface area contributed by atoms with Crippen LogP contribution in [0.3, 0.4) is 0 Å². The van der Waals surface area contributed by atoms with Crippen LogP contribution in [0.4, 0.5) is 0 Å². The molecule has 0 amide bonds. The number of thiophene rings is 1.